The number of hydrogen-bond acceptors (Lipinski definition) is 4. The van der Waals surface area contributed by atoms with Gasteiger partial charge in [0.25, 0.3) is 10.1 Å². The Morgan fingerprint density at radius 1 is 0.690 bits per heavy atom. The fraction of sp³-hybridized carbons (Fsp3) is 0.0526. The molecule has 0 heterocycles. The van der Waals surface area contributed by atoms with Crippen LogP contribution in [-0.4, -0.2) is 23.2 Å². The van der Waals surface area contributed by atoms with Crippen LogP contribution in [0.25, 0.3) is 0 Å². The van der Waals surface area contributed by atoms with Gasteiger partial charge in [0.05, 0.1) is 20.1 Å². The highest BCUT2D eigenvalue weighted by atomic mass is 35.5. The summed E-state index contributed by atoms with van der Waals surface area (Å²) in [4.78, 5) is 0. The molecule has 0 saturated heterocycles. The maximum absolute atomic E-state index is 12.9. The van der Waals surface area contributed by atoms with E-state index >= 15 is 0 Å². The summed E-state index contributed by atoms with van der Waals surface area (Å²) >= 11 is 24.3. The van der Waals surface area contributed by atoms with Crippen molar-refractivity contribution in [1.29, 1.82) is 0 Å². The predicted octanol–water partition coefficient (Wildman–Crippen LogP) is 5.89. The van der Waals surface area contributed by atoms with Gasteiger partial charge < -0.3 is 10.2 Å². The summed E-state index contributed by atoms with van der Waals surface area (Å²) < 4.78 is 33.9. The molecule has 0 radical (unpaired) electrons. The van der Waals surface area contributed by atoms with Crippen molar-refractivity contribution < 1.29 is 23.2 Å². The molecule has 3 rings (SSSR count). The van der Waals surface area contributed by atoms with Crippen molar-refractivity contribution in [2.75, 3.05) is 0 Å². The third-order valence-corrected chi connectivity index (χ3v) is 7.51. The number of benzene rings is 3. The molecule has 0 fully saturated rings. The summed E-state index contributed by atoms with van der Waals surface area (Å²) in [5.74, 6) is -1.61. The van der Waals surface area contributed by atoms with Crippen LogP contribution in [0.15, 0.2) is 54.6 Å². The average molecular weight is 494 g/mol. The molecular weight excluding hydrogens is 482 g/mol. The van der Waals surface area contributed by atoms with Crippen molar-refractivity contribution in [3.8, 4) is 11.5 Å². The highest BCUT2D eigenvalue weighted by Crippen LogP contribution is 2.53. The molecule has 3 N–H and O–H groups in total. The molecule has 0 aliphatic carbocycles. The summed E-state index contributed by atoms with van der Waals surface area (Å²) in [5, 5.41) is 20.2. The molecule has 1 unspecified atom stereocenters. The first-order valence-corrected chi connectivity index (χ1v) is 10.9. The Kier molecular flexibility index (Phi) is 5.98. The molecule has 0 aliphatic heterocycles. The summed E-state index contributed by atoms with van der Waals surface area (Å²) in [6.07, 6.45) is 0. The standard InChI is InChI=1S/C19H12Cl4O5S/c20-13-8-6-11(15(22)16(13)23)19(29(26,27)28,10-4-2-1-3-5-10)12-7-9-14(21)18(25)17(12)24/h1-9,24-25H,(H,26,27,28). The van der Waals surface area contributed by atoms with Crippen LogP contribution >= 0.6 is 46.4 Å². The van der Waals surface area contributed by atoms with E-state index in [9.17, 15) is 23.2 Å². The molecule has 1 atom stereocenters. The predicted molar refractivity (Wildman–Crippen MR) is 114 cm³/mol. The van der Waals surface area contributed by atoms with E-state index < -0.39 is 26.4 Å². The van der Waals surface area contributed by atoms with Crippen LogP contribution in [0.3, 0.4) is 0 Å². The largest absolute Gasteiger partial charge is 0.504 e. The topological polar surface area (TPSA) is 94.8 Å². The quantitative estimate of drug-likeness (QED) is 0.182. The zero-order valence-corrected chi connectivity index (χ0v) is 18.1. The lowest BCUT2D eigenvalue weighted by Crippen LogP contribution is -2.38. The Hall–Kier alpha value is -1.67. The van der Waals surface area contributed by atoms with Gasteiger partial charge in [-0.05, 0) is 17.7 Å². The molecule has 0 amide bonds. The molecule has 3 aromatic carbocycles. The Balaban J connectivity index is 2.62. The molecular formula is C19H12Cl4O5S. The van der Waals surface area contributed by atoms with Crippen LogP contribution < -0.4 is 0 Å². The summed E-state index contributed by atoms with van der Waals surface area (Å²) in [7, 11) is -5.09. The molecule has 0 bridgehead atoms. The van der Waals surface area contributed by atoms with Crippen molar-refractivity contribution in [2.24, 2.45) is 0 Å². The van der Waals surface area contributed by atoms with Gasteiger partial charge in [0.2, 0.25) is 0 Å². The normalized spacial score (nSPS) is 13.8. The van der Waals surface area contributed by atoms with Gasteiger partial charge >= 0.3 is 0 Å². The maximum atomic E-state index is 12.9. The highest BCUT2D eigenvalue weighted by molar-refractivity contribution is 7.87. The Morgan fingerprint density at radius 2 is 1.24 bits per heavy atom. The van der Waals surface area contributed by atoms with Crippen LogP contribution in [-0.2, 0) is 14.9 Å². The van der Waals surface area contributed by atoms with Crippen LogP contribution in [0, 0.1) is 0 Å². The lowest BCUT2D eigenvalue weighted by molar-refractivity contribution is 0.394. The van der Waals surface area contributed by atoms with Crippen LogP contribution in [0.1, 0.15) is 16.7 Å². The van der Waals surface area contributed by atoms with Gasteiger partial charge in [0.15, 0.2) is 16.2 Å². The van der Waals surface area contributed by atoms with Crippen molar-refractivity contribution in [3.05, 3.63) is 91.4 Å². The van der Waals surface area contributed by atoms with Gasteiger partial charge in [-0.15, -0.1) is 0 Å². The highest BCUT2D eigenvalue weighted by Gasteiger charge is 2.52. The number of aromatic hydroxyl groups is 2. The molecule has 0 aromatic heterocycles. The summed E-state index contributed by atoms with van der Waals surface area (Å²) in [6.45, 7) is 0. The molecule has 3 aromatic rings. The van der Waals surface area contributed by atoms with Gasteiger partial charge in [0, 0.05) is 11.1 Å². The first-order chi connectivity index (χ1) is 13.5. The molecule has 0 aliphatic rings. The SMILES string of the molecule is O=S(=O)(O)C(c1ccccc1)(c1ccc(Cl)c(O)c1O)c1ccc(Cl)c(Cl)c1Cl. The molecule has 5 nitrogen and oxygen atoms in total. The molecule has 152 valence electrons. The van der Waals surface area contributed by atoms with Crippen molar-refractivity contribution in [3.63, 3.8) is 0 Å². The maximum Gasteiger partial charge on any atom is 0.283 e. The van der Waals surface area contributed by atoms with E-state index in [4.69, 9.17) is 46.4 Å². The number of hydrogen-bond donors (Lipinski definition) is 3. The van der Waals surface area contributed by atoms with E-state index in [2.05, 4.69) is 0 Å². The van der Waals surface area contributed by atoms with E-state index in [1.165, 1.54) is 42.5 Å². The second-order valence-electron chi connectivity index (χ2n) is 6.04. The average Bonchev–Trinajstić information content (AvgIpc) is 2.67. The second-order valence-corrected chi connectivity index (χ2v) is 9.17. The minimum atomic E-state index is -5.09. The summed E-state index contributed by atoms with van der Waals surface area (Å²) in [5.41, 5.74) is -0.535. The fourth-order valence-corrected chi connectivity index (χ4v) is 5.40. The molecule has 0 spiro atoms. The number of halogens is 4. The van der Waals surface area contributed by atoms with E-state index in [0.717, 1.165) is 6.07 Å². The smallest absolute Gasteiger partial charge is 0.283 e. The van der Waals surface area contributed by atoms with Gasteiger partial charge in [-0.3, -0.25) is 4.55 Å². The monoisotopic (exact) mass is 492 g/mol. The fourth-order valence-electron chi connectivity index (χ4n) is 3.19. The Labute approximate surface area is 186 Å². The molecule has 0 saturated carbocycles. The Bertz CT molecular complexity index is 1140. The van der Waals surface area contributed by atoms with Gasteiger partial charge in [-0.25, -0.2) is 0 Å². The van der Waals surface area contributed by atoms with Gasteiger partial charge in [-0.1, -0.05) is 88.9 Å². The van der Waals surface area contributed by atoms with Crippen LogP contribution in [0.4, 0.5) is 0 Å². The number of phenols is 2. The third kappa shape index (κ3) is 3.44. The first-order valence-electron chi connectivity index (χ1n) is 7.91. The molecule has 29 heavy (non-hydrogen) atoms. The van der Waals surface area contributed by atoms with E-state index in [1.807, 2.05) is 0 Å². The third-order valence-electron chi connectivity index (χ3n) is 4.46. The van der Waals surface area contributed by atoms with Gasteiger partial charge in [0.1, 0.15) is 0 Å². The summed E-state index contributed by atoms with van der Waals surface area (Å²) in [6, 6.07) is 12.4. The number of phenolic OH excluding ortho intramolecular Hbond substituents is 2. The first kappa shape index (κ1) is 22.0. The van der Waals surface area contributed by atoms with Crippen molar-refractivity contribution in [1.82, 2.24) is 0 Å². The van der Waals surface area contributed by atoms with Crippen LogP contribution in [0.2, 0.25) is 20.1 Å². The zero-order valence-electron chi connectivity index (χ0n) is 14.3. The molecule has 10 heteroatoms. The minimum absolute atomic E-state index is 0.0276. The van der Waals surface area contributed by atoms with E-state index in [0.29, 0.717) is 0 Å². The second kappa shape index (κ2) is 7.87. The van der Waals surface area contributed by atoms with Gasteiger partial charge in [-0.2, -0.15) is 8.42 Å². The number of rotatable bonds is 4. The Morgan fingerprint density at radius 3 is 1.83 bits per heavy atom. The lowest BCUT2D eigenvalue weighted by atomic mass is 9.83. The van der Waals surface area contributed by atoms with Crippen molar-refractivity contribution in [2.45, 2.75) is 4.75 Å². The van der Waals surface area contributed by atoms with Crippen molar-refractivity contribution >= 4 is 56.5 Å². The zero-order chi connectivity index (χ0) is 21.6. The lowest BCUT2D eigenvalue weighted by Gasteiger charge is -2.34. The minimum Gasteiger partial charge on any atom is -0.504 e. The van der Waals surface area contributed by atoms with E-state index in [1.54, 1.807) is 6.07 Å². The van der Waals surface area contributed by atoms with Crippen LogP contribution in [0.5, 0.6) is 11.5 Å². The van der Waals surface area contributed by atoms with E-state index in [-0.39, 0.29) is 36.8 Å².